The summed E-state index contributed by atoms with van der Waals surface area (Å²) in [5.41, 5.74) is -0.577. The zero-order valence-electron chi connectivity index (χ0n) is 30.3. The number of aliphatic hydroxyl groups excluding tert-OH is 1. The number of hydrogen-bond acceptors (Lipinski definition) is 8. The maximum Gasteiger partial charge on any atom is 0.313 e. The van der Waals surface area contributed by atoms with Crippen LogP contribution in [0.2, 0.25) is 0 Å². The van der Waals surface area contributed by atoms with Crippen LogP contribution >= 0.6 is 15.9 Å². The normalized spacial score (nSPS) is 26.6. The van der Waals surface area contributed by atoms with Gasteiger partial charge in [0.2, 0.25) is 17.7 Å². The number of carbonyl (C=O) groups excluding carboxylic acids is 4. The van der Waals surface area contributed by atoms with Crippen LogP contribution in [0, 0.1) is 11.8 Å². The molecule has 3 aliphatic heterocycles. The number of rotatable bonds is 22. The Hall–Kier alpha value is -3.06. The summed E-state index contributed by atoms with van der Waals surface area (Å²) in [6.07, 6.45) is 7.36. The average molecular weight is 775 g/mol. The second kappa shape index (κ2) is 19.1. The highest BCUT2D eigenvalue weighted by Crippen LogP contribution is 2.60. The monoisotopic (exact) mass is 773 g/mol. The number of unbranched alkanes of at least 4 members (excludes halogenated alkanes) is 3. The van der Waals surface area contributed by atoms with Crippen molar-refractivity contribution in [2.75, 3.05) is 33.4 Å². The van der Waals surface area contributed by atoms with Crippen LogP contribution in [0.4, 0.5) is 0 Å². The molecule has 2 bridgehead atoms. The van der Waals surface area contributed by atoms with Crippen LogP contribution in [-0.4, -0.2) is 107 Å². The molecule has 0 aliphatic carbocycles. The van der Waals surface area contributed by atoms with Gasteiger partial charge >= 0.3 is 5.97 Å². The molecule has 11 nitrogen and oxygen atoms in total. The van der Waals surface area contributed by atoms with Crippen LogP contribution in [0.3, 0.4) is 0 Å². The molecule has 3 saturated heterocycles. The van der Waals surface area contributed by atoms with Crippen molar-refractivity contribution in [2.45, 2.75) is 112 Å². The maximum absolute atomic E-state index is 14.7. The summed E-state index contributed by atoms with van der Waals surface area (Å²) >= 11 is 3.76. The van der Waals surface area contributed by atoms with Crippen LogP contribution in [0.5, 0.6) is 0 Å². The van der Waals surface area contributed by atoms with Crippen LogP contribution in [-0.2, 0) is 33.4 Å². The van der Waals surface area contributed by atoms with E-state index in [1.807, 2.05) is 37.3 Å². The third-order valence-corrected chi connectivity index (χ3v) is 11.3. The van der Waals surface area contributed by atoms with E-state index in [-0.39, 0.29) is 48.2 Å². The SMILES string of the molecule is C=CCCC(=O)N[C@H](COC)[C@H](OC(=O)[C@@H]1[C@H]2O[C@@]3(CC2Br)[C@H](C(=O)N(CC=C)C(C)CCC)N(CCCCCCO)C(=O)[C@@H]13)c1ccccc1. The second-order valence-corrected chi connectivity index (χ2v) is 15.2. The molecule has 9 atom stereocenters. The number of fused-ring (bicyclic) bond motifs is 1. The Morgan fingerprint density at radius 3 is 2.55 bits per heavy atom. The number of methoxy groups -OCH3 is 1. The first-order chi connectivity index (χ1) is 24.6. The van der Waals surface area contributed by atoms with Gasteiger partial charge in [0.15, 0.2) is 0 Å². The number of nitrogens with zero attached hydrogens (tertiary/aromatic N) is 2. The summed E-state index contributed by atoms with van der Waals surface area (Å²) in [4.78, 5) is 60.0. The summed E-state index contributed by atoms with van der Waals surface area (Å²) in [5.74, 6) is -3.28. The van der Waals surface area contributed by atoms with Gasteiger partial charge in [0.05, 0.1) is 30.6 Å². The summed E-state index contributed by atoms with van der Waals surface area (Å²) in [7, 11) is 1.51. The van der Waals surface area contributed by atoms with Crippen LogP contribution in [0.25, 0.3) is 0 Å². The number of benzene rings is 1. The molecule has 3 heterocycles. The van der Waals surface area contributed by atoms with Gasteiger partial charge in [-0.2, -0.15) is 0 Å². The Bertz CT molecular complexity index is 1360. The van der Waals surface area contributed by atoms with Crippen molar-refractivity contribution in [3.63, 3.8) is 0 Å². The molecule has 2 unspecified atom stereocenters. The Morgan fingerprint density at radius 1 is 1.18 bits per heavy atom. The number of nitrogens with one attached hydrogen (secondary N) is 1. The minimum absolute atomic E-state index is 0.0698. The lowest BCUT2D eigenvalue weighted by molar-refractivity contribution is -0.163. The number of ether oxygens (including phenoxy) is 3. The highest BCUT2D eigenvalue weighted by molar-refractivity contribution is 9.09. The fourth-order valence-corrected chi connectivity index (χ4v) is 9.09. The Morgan fingerprint density at radius 2 is 1.90 bits per heavy atom. The van der Waals surface area contributed by atoms with E-state index in [1.165, 1.54) is 7.11 Å². The molecule has 3 fully saturated rings. The number of allylic oxidation sites excluding steroid dienone is 1. The summed E-state index contributed by atoms with van der Waals surface area (Å²) in [6, 6.07) is 7.41. The van der Waals surface area contributed by atoms with Gasteiger partial charge in [-0.05, 0) is 44.6 Å². The van der Waals surface area contributed by atoms with Crippen molar-refractivity contribution >= 4 is 39.6 Å². The van der Waals surface area contributed by atoms with Gasteiger partial charge in [-0.15, -0.1) is 13.2 Å². The molecule has 1 aromatic carbocycles. The van der Waals surface area contributed by atoms with Gasteiger partial charge in [0.25, 0.3) is 0 Å². The number of halogens is 1. The third kappa shape index (κ3) is 8.95. The van der Waals surface area contributed by atoms with E-state index in [4.69, 9.17) is 14.2 Å². The number of carbonyl (C=O) groups is 4. The van der Waals surface area contributed by atoms with E-state index >= 15 is 0 Å². The fourth-order valence-electron chi connectivity index (χ4n) is 8.15. The zero-order chi connectivity index (χ0) is 37.1. The van der Waals surface area contributed by atoms with Gasteiger partial charge in [0, 0.05) is 44.1 Å². The largest absolute Gasteiger partial charge is 0.455 e. The van der Waals surface area contributed by atoms with E-state index < -0.39 is 47.7 Å². The summed E-state index contributed by atoms with van der Waals surface area (Å²) < 4.78 is 18.6. The van der Waals surface area contributed by atoms with Crippen LogP contribution < -0.4 is 5.32 Å². The van der Waals surface area contributed by atoms with E-state index in [2.05, 4.69) is 41.3 Å². The number of amides is 3. The molecule has 3 amide bonds. The molecule has 12 heteroatoms. The van der Waals surface area contributed by atoms with Crippen molar-refractivity contribution in [3.05, 3.63) is 61.2 Å². The molecule has 282 valence electrons. The molecule has 0 aromatic heterocycles. The van der Waals surface area contributed by atoms with E-state index in [1.54, 1.807) is 22.0 Å². The van der Waals surface area contributed by atoms with E-state index in [9.17, 15) is 24.3 Å². The van der Waals surface area contributed by atoms with Crippen molar-refractivity contribution in [3.8, 4) is 0 Å². The molecule has 3 aliphatic rings. The zero-order valence-corrected chi connectivity index (χ0v) is 31.9. The minimum Gasteiger partial charge on any atom is -0.455 e. The molecule has 0 radical (unpaired) electrons. The molecular formula is C39H56BrN3O8. The molecule has 2 N–H and O–H groups in total. The average Bonchev–Trinajstić information content (AvgIpc) is 3.71. The standard InChI is InChI=1S/C39H56BrN3O8/c1-6-9-20-30(45)41-29(25-49-5)33(27-18-13-12-14-19-27)50-38(48)31-32-36(46)43(22-15-10-11-16-23-44)35(39(32)24-28(40)34(31)51-39)37(47)42(21-8-3)26(4)17-7-2/h6,8,12-14,18-19,26,28-29,31-35,44H,1,3,7,9-11,15-17,20-25H2,2,4-5H3,(H,41,45)/t26?,28?,29-,31+,32-,33-,34+,35+,39-/m1/s1. The van der Waals surface area contributed by atoms with Crippen LogP contribution in [0.15, 0.2) is 55.6 Å². The molecule has 4 rings (SSSR count). The quantitative estimate of drug-likeness (QED) is 0.0738. The molecule has 0 saturated carbocycles. The van der Waals surface area contributed by atoms with Crippen LogP contribution in [0.1, 0.15) is 83.3 Å². The van der Waals surface area contributed by atoms with Crippen molar-refractivity contribution in [2.24, 2.45) is 11.8 Å². The minimum atomic E-state index is -1.24. The molecule has 1 spiro atoms. The number of aliphatic hydroxyl groups is 1. The number of alkyl halides is 1. The highest BCUT2D eigenvalue weighted by Gasteiger charge is 2.77. The lowest BCUT2D eigenvalue weighted by Crippen LogP contribution is -2.58. The Kier molecular flexibility index (Phi) is 15.3. The van der Waals surface area contributed by atoms with Gasteiger partial charge in [0.1, 0.15) is 17.7 Å². The smallest absolute Gasteiger partial charge is 0.313 e. The lowest BCUT2D eigenvalue weighted by Gasteiger charge is -2.39. The first-order valence-corrected chi connectivity index (χ1v) is 19.3. The number of likely N-dealkylation sites (tertiary alicyclic amines) is 1. The van der Waals surface area contributed by atoms with Gasteiger partial charge in [-0.3, -0.25) is 19.2 Å². The lowest BCUT2D eigenvalue weighted by atomic mass is 9.70. The van der Waals surface area contributed by atoms with Crippen molar-refractivity contribution in [1.82, 2.24) is 15.1 Å². The first-order valence-electron chi connectivity index (χ1n) is 18.4. The number of hydrogen-bond donors (Lipinski definition) is 2. The van der Waals surface area contributed by atoms with Crippen molar-refractivity contribution in [1.29, 1.82) is 0 Å². The molecule has 1 aromatic rings. The second-order valence-electron chi connectivity index (χ2n) is 14.0. The van der Waals surface area contributed by atoms with Crippen molar-refractivity contribution < 1.29 is 38.5 Å². The first kappa shape index (κ1) is 40.7. The topological polar surface area (TPSA) is 135 Å². The fraction of sp³-hybridized carbons (Fsp3) is 0.641. The Balaban J connectivity index is 1.71. The van der Waals surface area contributed by atoms with E-state index in [0.29, 0.717) is 44.3 Å². The summed E-state index contributed by atoms with van der Waals surface area (Å²) in [6.45, 7) is 12.5. The van der Waals surface area contributed by atoms with Gasteiger partial charge in [-0.25, -0.2) is 0 Å². The van der Waals surface area contributed by atoms with Gasteiger partial charge < -0.3 is 34.4 Å². The Labute approximate surface area is 311 Å². The maximum atomic E-state index is 14.7. The molecule has 51 heavy (non-hydrogen) atoms. The summed E-state index contributed by atoms with van der Waals surface area (Å²) in [5, 5.41) is 12.3. The predicted molar refractivity (Wildman–Crippen MR) is 198 cm³/mol. The van der Waals surface area contributed by atoms with Gasteiger partial charge in [-0.1, -0.05) is 84.6 Å². The number of esters is 1. The predicted octanol–water partition coefficient (Wildman–Crippen LogP) is 4.87. The third-order valence-electron chi connectivity index (χ3n) is 10.5. The van der Waals surface area contributed by atoms with E-state index in [0.717, 1.165) is 25.7 Å². The highest BCUT2D eigenvalue weighted by atomic mass is 79.9. The molecular weight excluding hydrogens is 718 g/mol.